The van der Waals surface area contributed by atoms with E-state index in [1.807, 2.05) is 0 Å². The average molecular weight is 480 g/mol. The van der Waals surface area contributed by atoms with Crippen molar-refractivity contribution in [3.63, 3.8) is 0 Å². The van der Waals surface area contributed by atoms with Crippen LogP contribution in [0, 0.1) is 5.92 Å². The summed E-state index contributed by atoms with van der Waals surface area (Å²) < 4.78 is 0. The van der Waals surface area contributed by atoms with E-state index in [1.165, 1.54) is 167 Å². The lowest BCUT2D eigenvalue weighted by atomic mass is 9.93. The molecule has 0 radical (unpaired) electrons. The molecule has 0 aromatic rings. The lowest BCUT2D eigenvalue weighted by molar-refractivity contribution is -0.122. The van der Waals surface area contributed by atoms with E-state index >= 15 is 0 Å². The highest BCUT2D eigenvalue weighted by molar-refractivity contribution is 5.76. The molecule has 0 fully saturated rings. The van der Waals surface area contributed by atoms with Gasteiger partial charge < -0.3 is 5.73 Å². The van der Waals surface area contributed by atoms with Crippen LogP contribution in [0.15, 0.2) is 0 Å². The summed E-state index contributed by atoms with van der Waals surface area (Å²) in [4.78, 5) is 11.8. The number of primary amides is 1. The van der Waals surface area contributed by atoms with E-state index in [0.717, 1.165) is 12.8 Å². The first-order chi connectivity index (χ1) is 16.7. The van der Waals surface area contributed by atoms with Gasteiger partial charge in [0.2, 0.25) is 5.91 Å². The van der Waals surface area contributed by atoms with E-state index in [9.17, 15) is 4.79 Å². The fourth-order valence-corrected chi connectivity index (χ4v) is 5.25. The van der Waals surface area contributed by atoms with E-state index in [4.69, 9.17) is 5.73 Å². The summed E-state index contributed by atoms with van der Waals surface area (Å²) in [5.41, 5.74) is 5.69. The Bertz CT molecular complexity index is 394. The molecule has 1 atom stereocenters. The molecule has 0 spiro atoms. The van der Waals surface area contributed by atoms with Crippen molar-refractivity contribution in [1.82, 2.24) is 0 Å². The second kappa shape index (κ2) is 28.7. The molecule has 0 saturated carbocycles. The second-order valence-corrected chi connectivity index (χ2v) is 11.2. The number of unbranched alkanes of at least 4 members (excludes halogenated alkanes) is 24. The van der Waals surface area contributed by atoms with E-state index in [0.29, 0.717) is 0 Å². The van der Waals surface area contributed by atoms with Gasteiger partial charge >= 0.3 is 0 Å². The van der Waals surface area contributed by atoms with Crippen molar-refractivity contribution in [3.8, 4) is 0 Å². The van der Waals surface area contributed by atoms with E-state index in [1.54, 1.807) is 0 Å². The molecule has 0 aromatic carbocycles. The number of carbonyl (C=O) groups excluding carboxylic acids is 1. The summed E-state index contributed by atoms with van der Waals surface area (Å²) in [6.45, 7) is 4.57. The third-order valence-corrected chi connectivity index (χ3v) is 7.71. The van der Waals surface area contributed by atoms with E-state index < -0.39 is 0 Å². The van der Waals surface area contributed by atoms with Crippen LogP contribution >= 0.6 is 0 Å². The van der Waals surface area contributed by atoms with Crippen molar-refractivity contribution in [3.05, 3.63) is 0 Å². The van der Waals surface area contributed by atoms with Crippen LogP contribution in [0.1, 0.15) is 194 Å². The highest BCUT2D eigenvalue weighted by Gasteiger charge is 2.14. The predicted octanol–water partition coefficient (Wildman–Crippen LogP) is 11.1. The minimum absolute atomic E-state index is 0.0576. The van der Waals surface area contributed by atoms with Gasteiger partial charge in [-0.05, 0) is 12.8 Å². The van der Waals surface area contributed by atoms with Crippen molar-refractivity contribution >= 4 is 5.91 Å². The topological polar surface area (TPSA) is 43.1 Å². The third kappa shape index (κ3) is 26.1. The first kappa shape index (κ1) is 33.5. The smallest absolute Gasteiger partial charge is 0.220 e. The Hall–Kier alpha value is -0.530. The summed E-state index contributed by atoms with van der Waals surface area (Å²) in [6.07, 6.45) is 37.8. The van der Waals surface area contributed by atoms with Crippen LogP contribution < -0.4 is 5.73 Å². The highest BCUT2D eigenvalue weighted by atomic mass is 16.1. The van der Waals surface area contributed by atoms with Crippen LogP contribution in [0.25, 0.3) is 0 Å². The molecule has 2 heteroatoms. The number of hydrogen-bond acceptors (Lipinski definition) is 1. The Morgan fingerprint density at radius 2 is 0.618 bits per heavy atom. The highest BCUT2D eigenvalue weighted by Crippen LogP contribution is 2.20. The van der Waals surface area contributed by atoms with Crippen LogP contribution in [-0.4, -0.2) is 5.91 Å². The van der Waals surface area contributed by atoms with Crippen molar-refractivity contribution < 1.29 is 4.79 Å². The zero-order chi connectivity index (χ0) is 25.0. The Morgan fingerprint density at radius 1 is 0.412 bits per heavy atom. The SMILES string of the molecule is CCCCCCCCCCCCCCCCC(CCCCCCCCCCCCCC)C(N)=O. The molecule has 0 aromatic heterocycles. The lowest BCUT2D eigenvalue weighted by Gasteiger charge is -2.13. The Kier molecular flexibility index (Phi) is 28.3. The molecular formula is C32H65NO. The number of hydrogen-bond donors (Lipinski definition) is 1. The molecule has 1 unspecified atom stereocenters. The molecule has 0 rings (SSSR count). The minimum atomic E-state index is -0.0576. The summed E-state index contributed by atoms with van der Waals surface area (Å²) in [7, 11) is 0. The van der Waals surface area contributed by atoms with Gasteiger partial charge in [-0.25, -0.2) is 0 Å². The number of carbonyl (C=O) groups is 1. The monoisotopic (exact) mass is 480 g/mol. The molecule has 0 aliphatic heterocycles. The molecule has 1 amide bonds. The molecule has 0 saturated heterocycles. The summed E-state index contributed by atoms with van der Waals surface area (Å²) >= 11 is 0. The standard InChI is InChI=1S/C32H65NO/c1-3-5-7-9-11-13-15-17-18-20-22-24-26-28-30-31(32(33)34)29-27-25-23-21-19-16-14-12-10-8-6-4-2/h31H,3-30H2,1-2H3,(H2,33,34). The summed E-state index contributed by atoms with van der Waals surface area (Å²) in [6, 6.07) is 0. The van der Waals surface area contributed by atoms with Gasteiger partial charge in [0.05, 0.1) is 0 Å². The molecule has 0 aliphatic rings. The normalized spacial score (nSPS) is 12.3. The predicted molar refractivity (Wildman–Crippen MR) is 153 cm³/mol. The zero-order valence-electron chi connectivity index (χ0n) is 23.9. The van der Waals surface area contributed by atoms with Crippen LogP contribution in [-0.2, 0) is 4.79 Å². The maximum atomic E-state index is 11.8. The van der Waals surface area contributed by atoms with Gasteiger partial charge in [-0.3, -0.25) is 4.79 Å². The van der Waals surface area contributed by atoms with Crippen molar-refractivity contribution in [1.29, 1.82) is 0 Å². The van der Waals surface area contributed by atoms with Gasteiger partial charge in [-0.15, -0.1) is 0 Å². The average Bonchev–Trinajstić information content (AvgIpc) is 2.83. The number of amides is 1. The van der Waals surface area contributed by atoms with Crippen molar-refractivity contribution in [2.24, 2.45) is 11.7 Å². The third-order valence-electron chi connectivity index (χ3n) is 7.71. The molecule has 0 aliphatic carbocycles. The summed E-state index contributed by atoms with van der Waals surface area (Å²) in [5.74, 6) is 0.0678. The van der Waals surface area contributed by atoms with Gasteiger partial charge in [-0.1, -0.05) is 181 Å². The zero-order valence-corrected chi connectivity index (χ0v) is 23.9. The molecule has 34 heavy (non-hydrogen) atoms. The summed E-state index contributed by atoms with van der Waals surface area (Å²) in [5, 5.41) is 0. The van der Waals surface area contributed by atoms with Crippen LogP contribution in [0.5, 0.6) is 0 Å². The van der Waals surface area contributed by atoms with Crippen LogP contribution in [0.4, 0.5) is 0 Å². The lowest BCUT2D eigenvalue weighted by Crippen LogP contribution is -2.23. The van der Waals surface area contributed by atoms with Crippen LogP contribution in [0.2, 0.25) is 0 Å². The fraction of sp³-hybridized carbons (Fsp3) is 0.969. The van der Waals surface area contributed by atoms with Crippen molar-refractivity contribution in [2.45, 2.75) is 194 Å². The fourth-order valence-electron chi connectivity index (χ4n) is 5.25. The largest absolute Gasteiger partial charge is 0.369 e. The van der Waals surface area contributed by atoms with Gasteiger partial charge in [0.25, 0.3) is 0 Å². The van der Waals surface area contributed by atoms with Gasteiger partial charge in [0.15, 0.2) is 0 Å². The molecule has 2 N–H and O–H groups in total. The maximum absolute atomic E-state index is 11.8. The first-order valence-corrected chi connectivity index (χ1v) is 16.0. The minimum Gasteiger partial charge on any atom is -0.369 e. The molecule has 0 heterocycles. The number of nitrogens with two attached hydrogens (primary N) is 1. The molecule has 204 valence electrons. The maximum Gasteiger partial charge on any atom is 0.220 e. The molecular weight excluding hydrogens is 414 g/mol. The van der Waals surface area contributed by atoms with Gasteiger partial charge in [0.1, 0.15) is 0 Å². The molecule has 0 bridgehead atoms. The van der Waals surface area contributed by atoms with E-state index in [2.05, 4.69) is 13.8 Å². The Balaban J connectivity index is 3.40. The second-order valence-electron chi connectivity index (χ2n) is 11.2. The quantitative estimate of drug-likeness (QED) is 0.106. The van der Waals surface area contributed by atoms with Crippen LogP contribution in [0.3, 0.4) is 0 Å². The Morgan fingerprint density at radius 3 is 0.824 bits per heavy atom. The van der Waals surface area contributed by atoms with Crippen molar-refractivity contribution in [2.75, 3.05) is 0 Å². The molecule has 2 nitrogen and oxygen atoms in total. The Labute approximate surface area is 216 Å². The van der Waals surface area contributed by atoms with E-state index in [-0.39, 0.29) is 11.8 Å². The number of rotatable bonds is 29. The first-order valence-electron chi connectivity index (χ1n) is 16.0. The van der Waals surface area contributed by atoms with Gasteiger partial charge in [-0.2, -0.15) is 0 Å². The van der Waals surface area contributed by atoms with Gasteiger partial charge in [0, 0.05) is 5.92 Å².